The lowest BCUT2D eigenvalue weighted by Crippen LogP contribution is -2.33. The molecule has 0 bridgehead atoms. The number of aryl methyl sites for hydroxylation is 1. The van der Waals surface area contributed by atoms with E-state index in [4.69, 9.17) is 5.26 Å². The van der Waals surface area contributed by atoms with E-state index in [0.29, 0.717) is 18.7 Å². The molecule has 1 amide bonds. The van der Waals surface area contributed by atoms with E-state index in [0.717, 1.165) is 12.1 Å². The Morgan fingerprint density at radius 1 is 1.40 bits per heavy atom. The van der Waals surface area contributed by atoms with Crippen molar-refractivity contribution in [3.63, 3.8) is 0 Å². The van der Waals surface area contributed by atoms with Gasteiger partial charge in [-0.25, -0.2) is 0 Å². The smallest absolute Gasteiger partial charge is 0.373 e. The van der Waals surface area contributed by atoms with Gasteiger partial charge in [0.25, 0.3) is 0 Å². The van der Waals surface area contributed by atoms with Gasteiger partial charge in [0.05, 0.1) is 28.7 Å². The van der Waals surface area contributed by atoms with Gasteiger partial charge in [0, 0.05) is 19.8 Å². The maximum Gasteiger partial charge on any atom is 0.416 e. The Balaban J connectivity index is 1.79. The maximum atomic E-state index is 12.7. The summed E-state index contributed by atoms with van der Waals surface area (Å²) >= 11 is 0. The molecule has 1 saturated heterocycles. The molecule has 1 aromatic heterocycles. The summed E-state index contributed by atoms with van der Waals surface area (Å²) in [4.78, 5) is 14.1. The van der Waals surface area contributed by atoms with E-state index in [9.17, 15) is 18.0 Å². The van der Waals surface area contributed by atoms with Crippen LogP contribution in [0.2, 0.25) is 0 Å². The summed E-state index contributed by atoms with van der Waals surface area (Å²) in [7, 11) is 1.74. The lowest BCUT2D eigenvalue weighted by Gasteiger charge is -2.17. The fourth-order valence-electron chi connectivity index (χ4n) is 2.74. The molecule has 1 N–H and O–H groups in total. The Kier molecular flexibility index (Phi) is 4.12. The molecular weight excluding hydrogens is 335 g/mol. The minimum Gasteiger partial charge on any atom is -0.373 e. The normalized spacial score (nSPS) is 17.6. The van der Waals surface area contributed by atoms with Crippen LogP contribution < -0.4 is 10.2 Å². The molecule has 9 heteroatoms. The third-order valence-electron chi connectivity index (χ3n) is 4.01. The Bertz CT molecular complexity index is 852. The van der Waals surface area contributed by atoms with Crippen molar-refractivity contribution in [1.82, 2.24) is 9.78 Å². The van der Waals surface area contributed by atoms with Crippen LogP contribution in [-0.4, -0.2) is 28.3 Å². The fourth-order valence-corrected chi connectivity index (χ4v) is 2.74. The average molecular weight is 349 g/mol. The van der Waals surface area contributed by atoms with E-state index in [2.05, 4.69) is 10.4 Å². The van der Waals surface area contributed by atoms with Crippen LogP contribution in [0.5, 0.6) is 0 Å². The van der Waals surface area contributed by atoms with Crippen molar-refractivity contribution in [3.05, 3.63) is 41.7 Å². The largest absolute Gasteiger partial charge is 0.416 e. The molecule has 0 aliphatic carbocycles. The number of alkyl halides is 3. The van der Waals surface area contributed by atoms with E-state index in [1.807, 2.05) is 0 Å². The first-order valence-electron chi connectivity index (χ1n) is 7.47. The first-order chi connectivity index (χ1) is 11.8. The molecule has 130 valence electrons. The number of halogens is 3. The number of carbonyl (C=O) groups is 1. The Morgan fingerprint density at radius 2 is 2.16 bits per heavy atom. The standard InChI is InChI=1S/C16H14F3N5O/c1-23-9-12(8-21-23)24-5-4-14(15(24)25)22-13-3-2-11(16(17,18)19)6-10(13)7-20/h2-3,6,8-9,14,22H,4-5H2,1H3/t14-/m1/s1. The van der Waals surface area contributed by atoms with Crippen molar-refractivity contribution in [3.8, 4) is 6.07 Å². The second-order valence-electron chi connectivity index (χ2n) is 5.72. The summed E-state index contributed by atoms with van der Waals surface area (Å²) in [6, 6.07) is 3.99. The van der Waals surface area contributed by atoms with Gasteiger partial charge in [-0.15, -0.1) is 0 Å². The van der Waals surface area contributed by atoms with Crippen LogP contribution >= 0.6 is 0 Å². The second-order valence-corrected chi connectivity index (χ2v) is 5.72. The monoisotopic (exact) mass is 349 g/mol. The average Bonchev–Trinajstić information content (AvgIpc) is 3.13. The van der Waals surface area contributed by atoms with Crippen molar-refractivity contribution < 1.29 is 18.0 Å². The number of amides is 1. The molecule has 3 rings (SSSR count). The topological polar surface area (TPSA) is 73.9 Å². The Morgan fingerprint density at radius 3 is 2.76 bits per heavy atom. The third kappa shape index (κ3) is 3.28. The lowest BCUT2D eigenvalue weighted by atomic mass is 10.1. The summed E-state index contributed by atoms with van der Waals surface area (Å²) in [5, 5.41) is 16.0. The third-order valence-corrected chi connectivity index (χ3v) is 4.01. The molecule has 0 radical (unpaired) electrons. The molecule has 1 aromatic carbocycles. The molecule has 0 saturated carbocycles. The first-order valence-corrected chi connectivity index (χ1v) is 7.47. The van der Waals surface area contributed by atoms with Gasteiger partial charge < -0.3 is 10.2 Å². The predicted molar refractivity (Wildman–Crippen MR) is 83.7 cm³/mol. The summed E-state index contributed by atoms with van der Waals surface area (Å²) in [5.74, 6) is -0.211. The number of nitriles is 1. The SMILES string of the molecule is Cn1cc(N2CC[C@@H](Nc3ccc(C(F)(F)F)cc3C#N)C2=O)cn1. The molecule has 0 spiro atoms. The molecule has 1 aliphatic heterocycles. The van der Waals surface area contributed by atoms with Gasteiger partial charge in [-0.3, -0.25) is 9.48 Å². The van der Waals surface area contributed by atoms with Crippen LogP contribution in [0.3, 0.4) is 0 Å². The highest BCUT2D eigenvalue weighted by molar-refractivity contribution is 6.01. The predicted octanol–water partition coefficient (Wildman–Crippen LogP) is 2.53. The van der Waals surface area contributed by atoms with Crippen molar-refractivity contribution in [2.75, 3.05) is 16.8 Å². The van der Waals surface area contributed by atoms with E-state index in [1.165, 1.54) is 6.07 Å². The number of hydrogen-bond donors (Lipinski definition) is 1. The Hall–Kier alpha value is -3.02. The number of benzene rings is 1. The number of aromatic nitrogens is 2. The summed E-state index contributed by atoms with van der Waals surface area (Å²) in [5.41, 5.74) is -0.182. The van der Waals surface area contributed by atoms with Gasteiger partial charge >= 0.3 is 6.18 Å². The minimum absolute atomic E-state index is 0.151. The molecule has 2 aromatic rings. The van der Waals surface area contributed by atoms with Crippen molar-refractivity contribution >= 4 is 17.3 Å². The highest BCUT2D eigenvalue weighted by atomic mass is 19.4. The van der Waals surface area contributed by atoms with E-state index in [1.54, 1.807) is 35.1 Å². The van der Waals surface area contributed by atoms with Crippen LogP contribution in [0, 0.1) is 11.3 Å². The van der Waals surface area contributed by atoms with Crippen LogP contribution in [0.15, 0.2) is 30.6 Å². The molecular formula is C16H14F3N5O. The highest BCUT2D eigenvalue weighted by Gasteiger charge is 2.34. The summed E-state index contributed by atoms with van der Waals surface area (Å²) in [6.45, 7) is 0.463. The van der Waals surface area contributed by atoms with E-state index in [-0.39, 0.29) is 17.2 Å². The van der Waals surface area contributed by atoms with Gasteiger partial charge in [0.1, 0.15) is 12.1 Å². The number of carbonyl (C=O) groups excluding carboxylic acids is 1. The first kappa shape index (κ1) is 16.8. The number of nitrogens with one attached hydrogen (secondary N) is 1. The van der Waals surface area contributed by atoms with Gasteiger partial charge in [-0.2, -0.15) is 23.5 Å². The van der Waals surface area contributed by atoms with Crippen LogP contribution in [0.25, 0.3) is 0 Å². The minimum atomic E-state index is -4.52. The quantitative estimate of drug-likeness (QED) is 0.924. The number of anilines is 2. The summed E-state index contributed by atoms with van der Waals surface area (Å²) in [6.07, 6.45) is -0.776. The summed E-state index contributed by atoms with van der Waals surface area (Å²) < 4.78 is 39.8. The molecule has 0 unspecified atom stereocenters. The molecule has 2 heterocycles. The highest BCUT2D eigenvalue weighted by Crippen LogP contribution is 2.32. The lowest BCUT2D eigenvalue weighted by molar-refractivity contribution is -0.137. The van der Waals surface area contributed by atoms with Crippen LogP contribution in [0.4, 0.5) is 24.5 Å². The Labute approximate surface area is 141 Å². The zero-order valence-corrected chi connectivity index (χ0v) is 13.2. The fraction of sp³-hybridized carbons (Fsp3) is 0.312. The molecule has 1 atom stereocenters. The van der Waals surface area contributed by atoms with Gasteiger partial charge in [0.15, 0.2) is 0 Å². The van der Waals surface area contributed by atoms with Crippen molar-refractivity contribution in [2.45, 2.75) is 18.6 Å². The van der Waals surface area contributed by atoms with Crippen molar-refractivity contribution in [2.24, 2.45) is 7.05 Å². The maximum absolute atomic E-state index is 12.7. The van der Waals surface area contributed by atoms with Crippen molar-refractivity contribution in [1.29, 1.82) is 5.26 Å². The number of nitrogens with zero attached hydrogens (tertiary/aromatic N) is 4. The van der Waals surface area contributed by atoms with Gasteiger partial charge in [-0.05, 0) is 24.6 Å². The van der Waals surface area contributed by atoms with E-state index < -0.39 is 17.8 Å². The van der Waals surface area contributed by atoms with Gasteiger partial charge in [0.2, 0.25) is 5.91 Å². The molecule has 6 nitrogen and oxygen atoms in total. The second kappa shape index (κ2) is 6.12. The zero-order chi connectivity index (χ0) is 18.2. The molecule has 25 heavy (non-hydrogen) atoms. The van der Waals surface area contributed by atoms with E-state index >= 15 is 0 Å². The molecule has 1 fully saturated rings. The number of hydrogen-bond acceptors (Lipinski definition) is 4. The van der Waals surface area contributed by atoms with Gasteiger partial charge in [-0.1, -0.05) is 0 Å². The zero-order valence-electron chi connectivity index (χ0n) is 13.2. The number of rotatable bonds is 3. The van der Waals surface area contributed by atoms with Crippen LogP contribution in [0.1, 0.15) is 17.5 Å². The molecule has 1 aliphatic rings. The van der Waals surface area contributed by atoms with Crippen LogP contribution in [-0.2, 0) is 18.0 Å².